The standard InChI is InChI=1S/C11H20N2O3/c1-9(11(15)16-3)12-5-4-6-13(8-7-12)10(2)14/h9H,4-8H2,1-3H3. The van der Waals surface area contributed by atoms with Gasteiger partial charge in [-0.1, -0.05) is 0 Å². The van der Waals surface area contributed by atoms with E-state index in [1.165, 1.54) is 7.11 Å². The van der Waals surface area contributed by atoms with Gasteiger partial charge in [-0.2, -0.15) is 0 Å². The van der Waals surface area contributed by atoms with Crippen LogP contribution < -0.4 is 0 Å². The average Bonchev–Trinajstić information content (AvgIpc) is 2.52. The van der Waals surface area contributed by atoms with Crippen LogP contribution in [0.5, 0.6) is 0 Å². The minimum atomic E-state index is -0.225. The van der Waals surface area contributed by atoms with Crippen molar-refractivity contribution in [2.24, 2.45) is 0 Å². The molecule has 0 spiro atoms. The first kappa shape index (κ1) is 13.0. The van der Waals surface area contributed by atoms with Crippen LogP contribution in [0.15, 0.2) is 0 Å². The van der Waals surface area contributed by atoms with Crippen LogP contribution in [0.1, 0.15) is 20.3 Å². The van der Waals surface area contributed by atoms with Crippen molar-refractivity contribution >= 4 is 11.9 Å². The Kier molecular flexibility index (Phi) is 4.73. The smallest absolute Gasteiger partial charge is 0.322 e. The van der Waals surface area contributed by atoms with Gasteiger partial charge in [0.1, 0.15) is 6.04 Å². The first-order valence-electron chi connectivity index (χ1n) is 5.63. The van der Waals surface area contributed by atoms with Crippen molar-refractivity contribution in [1.82, 2.24) is 9.80 Å². The van der Waals surface area contributed by atoms with E-state index in [1.54, 1.807) is 6.92 Å². The minimum absolute atomic E-state index is 0.104. The molecular weight excluding hydrogens is 208 g/mol. The molecule has 0 aromatic heterocycles. The monoisotopic (exact) mass is 228 g/mol. The van der Waals surface area contributed by atoms with Gasteiger partial charge in [0.15, 0.2) is 0 Å². The molecular formula is C11H20N2O3. The molecule has 1 rings (SSSR count). The summed E-state index contributed by atoms with van der Waals surface area (Å²) in [6.07, 6.45) is 0.904. The Balaban J connectivity index is 2.52. The third kappa shape index (κ3) is 3.20. The van der Waals surface area contributed by atoms with Crippen LogP contribution in [-0.2, 0) is 14.3 Å². The maximum absolute atomic E-state index is 11.4. The number of hydrogen-bond donors (Lipinski definition) is 0. The van der Waals surface area contributed by atoms with Crippen LogP contribution in [0.4, 0.5) is 0 Å². The molecule has 5 nitrogen and oxygen atoms in total. The molecule has 1 saturated heterocycles. The number of ether oxygens (including phenoxy) is 1. The Morgan fingerprint density at radius 3 is 2.44 bits per heavy atom. The quantitative estimate of drug-likeness (QED) is 0.629. The summed E-state index contributed by atoms with van der Waals surface area (Å²) in [6, 6.07) is -0.225. The SMILES string of the molecule is COC(=O)C(C)N1CCCN(C(C)=O)CC1. The predicted octanol–water partition coefficient (Wildman–Crippen LogP) is 0.102. The highest BCUT2D eigenvalue weighted by Crippen LogP contribution is 2.08. The first-order chi connectivity index (χ1) is 7.56. The fourth-order valence-corrected chi connectivity index (χ4v) is 1.96. The van der Waals surface area contributed by atoms with E-state index in [0.717, 1.165) is 26.1 Å². The fourth-order valence-electron chi connectivity index (χ4n) is 1.96. The number of methoxy groups -OCH3 is 1. The number of esters is 1. The lowest BCUT2D eigenvalue weighted by Crippen LogP contribution is -2.42. The van der Waals surface area contributed by atoms with Gasteiger partial charge in [-0.25, -0.2) is 0 Å². The summed E-state index contributed by atoms with van der Waals surface area (Å²) >= 11 is 0. The van der Waals surface area contributed by atoms with E-state index in [2.05, 4.69) is 4.90 Å². The highest BCUT2D eigenvalue weighted by atomic mass is 16.5. The van der Waals surface area contributed by atoms with Crippen LogP contribution in [-0.4, -0.2) is 61.0 Å². The van der Waals surface area contributed by atoms with Crippen LogP contribution in [0.25, 0.3) is 0 Å². The minimum Gasteiger partial charge on any atom is -0.468 e. The summed E-state index contributed by atoms with van der Waals surface area (Å²) < 4.78 is 4.72. The Morgan fingerprint density at radius 1 is 1.19 bits per heavy atom. The zero-order valence-corrected chi connectivity index (χ0v) is 10.2. The number of carbonyl (C=O) groups is 2. The Labute approximate surface area is 96.3 Å². The molecule has 1 aliphatic heterocycles. The third-order valence-corrected chi connectivity index (χ3v) is 3.07. The van der Waals surface area contributed by atoms with Crippen molar-refractivity contribution in [2.45, 2.75) is 26.3 Å². The summed E-state index contributed by atoms with van der Waals surface area (Å²) in [5.41, 5.74) is 0. The van der Waals surface area contributed by atoms with Crippen molar-refractivity contribution in [3.63, 3.8) is 0 Å². The number of nitrogens with zero attached hydrogens (tertiary/aromatic N) is 2. The molecule has 1 aliphatic rings. The van der Waals surface area contributed by atoms with Gasteiger partial charge in [0.2, 0.25) is 5.91 Å². The summed E-state index contributed by atoms with van der Waals surface area (Å²) in [6.45, 7) is 6.46. The van der Waals surface area contributed by atoms with Crippen LogP contribution in [0, 0.1) is 0 Å². The van der Waals surface area contributed by atoms with E-state index in [0.29, 0.717) is 6.54 Å². The average molecular weight is 228 g/mol. The number of hydrogen-bond acceptors (Lipinski definition) is 4. The maximum atomic E-state index is 11.4. The Morgan fingerprint density at radius 2 is 1.88 bits per heavy atom. The van der Waals surface area contributed by atoms with Crippen molar-refractivity contribution in [1.29, 1.82) is 0 Å². The normalized spacial score (nSPS) is 20.1. The second-order valence-corrected chi connectivity index (χ2v) is 4.09. The molecule has 1 atom stereocenters. The van der Waals surface area contributed by atoms with Crippen LogP contribution >= 0.6 is 0 Å². The summed E-state index contributed by atoms with van der Waals surface area (Å²) in [5, 5.41) is 0. The lowest BCUT2D eigenvalue weighted by atomic mass is 10.2. The van der Waals surface area contributed by atoms with Gasteiger partial charge >= 0.3 is 5.97 Å². The largest absolute Gasteiger partial charge is 0.468 e. The van der Waals surface area contributed by atoms with Crippen molar-refractivity contribution in [3.8, 4) is 0 Å². The zero-order valence-electron chi connectivity index (χ0n) is 10.2. The van der Waals surface area contributed by atoms with Crippen molar-refractivity contribution < 1.29 is 14.3 Å². The van der Waals surface area contributed by atoms with Gasteiger partial charge < -0.3 is 9.64 Å². The van der Waals surface area contributed by atoms with Crippen molar-refractivity contribution in [2.75, 3.05) is 33.3 Å². The zero-order chi connectivity index (χ0) is 12.1. The van der Waals surface area contributed by atoms with Gasteiger partial charge in [0.05, 0.1) is 7.11 Å². The highest BCUT2D eigenvalue weighted by molar-refractivity contribution is 5.75. The van der Waals surface area contributed by atoms with E-state index in [1.807, 2.05) is 11.8 Å². The number of rotatable bonds is 2. The van der Waals surface area contributed by atoms with E-state index in [4.69, 9.17) is 4.74 Å². The van der Waals surface area contributed by atoms with Gasteiger partial charge in [-0.15, -0.1) is 0 Å². The summed E-state index contributed by atoms with van der Waals surface area (Å²) in [7, 11) is 1.40. The third-order valence-electron chi connectivity index (χ3n) is 3.07. The molecule has 0 saturated carbocycles. The molecule has 0 aromatic rings. The predicted molar refractivity (Wildman–Crippen MR) is 59.9 cm³/mol. The topological polar surface area (TPSA) is 49.9 Å². The number of carbonyl (C=O) groups excluding carboxylic acids is 2. The highest BCUT2D eigenvalue weighted by Gasteiger charge is 2.24. The van der Waals surface area contributed by atoms with Gasteiger partial charge in [0.25, 0.3) is 0 Å². The molecule has 1 fully saturated rings. The molecule has 1 unspecified atom stereocenters. The van der Waals surface area contributed by atoms with Gasteiger partial charge in [0, 0.05) is 33.1 Å². The van der Waals surface area contributed by atoms with E-state index < -0.39 is 0 Å². The Hall–Kier alpha value is -1.10. The fraction of sp³-hybridized carbons (Fsp3) is 0.818. The molecule has 0 N–H and O–H groups in total. The molecule has 5 heteroatoms. The summed E-state index contributed by atoms with van der Waals surface area (Å²) in [4.78, 5) is 26.5. The van der Waals surface area contributed by atoms with Crippen molar-refractivity contribution in [3.05, 3.63) is 0 Å². The molecule has 1 amide bonds. The van der Waals surface area contributed by atoms with Gasteiger partial charge in [-0.05, 0) is 13.3 Å². The molecule has 0 bridgehead atoms. The molecule has 92 valence electrons. The molecule has 1 heterocycles. The summed E-state index contributed by atoms with van der Waals surface area (Å²) in [5.74, 6) is -0.108. The van der Waals surface area contributed by atoms with Crippen LogP contribution in [0.2, 0.25) is 0 Å². The van der Waals surface area contributed by atoms with E-state index in [9.17, 15) is 9.59 Å². The van der Waals surface area contributed by atoms with Crippen LogP contribution in [0.3, 0.4) is 0 Å². The van der Waals surface area contributed by atoms with E-state index in [-0.39, 0.29) is 17.9 Å². The Bertz CT molecular complexity index is 268. The second-order valence-electron chi connectivity index (χ2n) is 4.09. The maximum Gasteiger partial charge on any atom is 0.322 e. The van der Waals surface area contributed by atoms with E-state index >= 15 is 0 Å². The first-order valence-corrected chi connectivity index (χ1v) is 5.63. The molecule has 0 aromatic carbocycles. The van der Waals surface area contributed by atoms with Gasteiger partial charge in [-0.3, -0.25) is 14.5 Å². The lowest BCUT2D eigenvalue weighted by molar-refractivity contribution is -0.146. The lowest BCUT2D eigenvalue weighted by Gasteiger charge is -2.25. The molecule has 16 heavy (non-hydrogen) atoms. The molecule has 0 aliphatic carbocycles. The second kappa shape index (κ2) is 5.84. The molecule has 0 radical (unpaired) electrons. The number of amides is 1.